The molecule has 34 heavy (non-hydrogen) atoms. The molecule has 0 aliphatic rings. The second-order valence-electron chi connectivity index (χ2n) is 8.14. The van der Waals surface area contributed by atoms with Gasteiger partial charge in [-0.2, -0.15) is 10.2 Å². The summed E-state index contributed by atoms with van der Waals surface area (Å²) in [7, 11) is 0. The number of H-pyrrole nitrogens is 1. The van der Waals surface area contributed by atoms with Crippen LogP contribution >= 0.6 is 0 Å². The number of tetrazole rings is 1. The summed E-state index contributed by atoms with van der Waals surface area (Å²) >= 11 is 0. The van der Waals surface area contributed by atoms with E-state index in [9.17, 15) is 14.7 Å². The van der Waals surface area contributed by atoms with Gasteiger partial charge in [-0.25, -0.2) is 0 Å². The molecule has 0 amide bonds. The number of hydrogen-bond donors (Lipinski definition) is 2. The molecule has 4 rings (SSSR count). The molecule has 9 nitrogen and oxygen atoms in total. The number of nitrogens with zero attached hydrogens (tertiary/aromatic N) is 5. The van der Waals surface area contributed by atoms with Gasteiger partial charge in [0, 0.05) is 29.8 Å². The van der Waals surface area contributed by atoms with E-state index in [1.807, 2.05) is 53.1 Å². The molecule has 2 heterocycles. The van der Waals surface area contributed by atoms with E-state index in [0.29, 0.717) is 30.3 Å². The van der Waals surface area contributed by atoms with E-state index in [0.717, 1.165) is 35.1 Å². The van der Waals surface area contributed by atoms with E-state index in [1.54, 1.807) is 6.92 Å². The van der Waals surface area contributed by atoms with E-state index in [2.05, 4.69) is 32.5 Å². The lowest BCUT2D eigenvalue weighted by Crippen LogP contribution is -2.27. The number of rotatable bonds is 9. The number of carboxylic acids is 1. The minimum Gasteiger partial charge on any atom is -0.481 e. The van der Waals surface area contributed by atoms with Gasteiger partial charge in [0.1, 0.15) is 5.82 Å². The van der Waals surface area contributed by atoms with Gasteiger partial charge in [-0.05, 0) is 35.2 Å². The fourth-order valence-electron chi connectivity index (χ4n) is 4.02. The molecule has 0 atom stereocenters. The number of unbranched alkanes of at least 4 members (excludes halogenated alkanes) is 1. The first kappa shape index (κ1) is 23.0. The Balaban J connectivity index is 1.68. The van der Waals surface area contributed by atoms with Crippen molar-refractivity contribution in [2.24, 2.45) is 0 Å². The Morgan fingerprint density at radius 2 is 1.82 bits per heavy atom. The number of nitrogens with one attached hydrogen (secondary N) is 1. The highest BCUT2D eigenvalue weighted by Crippen LogP contribution is 2.30. The highest BCUT2D eigenvalue weighted by molar-refractivity contribution is 5.80. The van der Waals surface area contributed by atoms with Crippen molar-refractivity contribution in [1.29, 1.82) is 0 Å². The van der Waals surface area contributed by atoms with Crippen LogP contribution in [0.1, 0.15) is 42.4 Å². The Labute approximate surface area is 196 Å². The number of carboxylic acid groups (broad SMARTS) is 1. The lowest BCUT2D eigenvalue weighted by atomic mass is 9.98. The molecule has 0 saturated heterocycles. The third-order valence-corrected chi connectivity index (χ3v) is 5.84. The van der Waals surface area contributed by atoms with Crippen LogP contribution in [0.5, 0.6) is 0 Å². The molecule has 9 heteroatoms. The zero-order valence-electron chi connectivity index (χ0n) is 19.2. The van der Waals surface area contributed by atoms with Crippen molar-refractivity contribution in [3.05, 3.63) is 81.5 Å². The molecule has 0 aliphatic carbocycles. The standard InChI is InChI=1S/C25H26N6O3/c1-3-4-9-22-26-25(34)21(14-23(32)33)16(2)31(22)15-17-10-12-18(13-11-17)19-7-5-6-8-20(19)24-27-29-30-28-24/h5-8,10-13H,3-4,9,14-15H2,1-2H3,(H,32,33)(H,27,28,29,30). The van der Waals surface area contributed by atoms with Crippen molar-refractivity contribution in [1.82, 2.24) is 30.2 Å². The lowest BCUT2D eigenvalue weighted by molar-refractivity contribution is -0.136. The first-order valence-electron chi connectivity index (χ1n) is 11.2. The van der Waals surface area contributed by atoms with Gasteiger partial charge in [0.25, 0.3) is 5.56 Å². The number of benzene rings is 2. The van der Waals surface area contributed by atoms with Crippen LogP contribution in [0.4, 0.5) is 0 Å². The number of aryl methyl sites for hydroxylation is 1. The van der Waals surface area contributed by atoms with E-state index < -0.39 is 11.5 Å². The number of hydrogen-bond acceptors (Lipinski definition) is 6. The van der Waals surface area contributed by atoms with Crippen LogP contribution in [0, 0.1) is 6.92 Å². The maximum absolute atomic E-state index is 12.5. The number of aromatic nitrogens is 6. The van der Waals surface area contributed by atoms with Crippen molar-refractivity contribution in [2.75, 3.05) is 0 Å². The summed E-state index contributed by atoms with van der Waals surface area (Å²) in [5, 5.41) is 23.6. The molecule has 174 valence electrons. The van der Waals surface area contributed by atoms with E-state index in [4.69, 9.17) is 0 Å². The second-order valence-corrected chi connectivity index (χ2v) is 8.14. The maximum atomic E-state index is 12.5. The van der Waals surface area contributed by atoms with E-state index >= 15 is 0 Å². The first-order chi connectivity index (χ1) is 16.5. The molecule has 0 unspecified atom stereocenters. The summed E-state index contributed by atoms with van der Waals surface area (Å²) in [5.74, 6) is 0.172. The largest absolute Gasteiger partial charge is 0.481 e. The second kappa shape index (κ2) is 10.2. The van der Waals surface area contributed by atoms with Gasteiger partial charge in [0.05, 0.1) is 6.42 Å². The molecule has 0 bridgehead atoms. The molecular weight excluding hydrogens is 432 g/mol. The number of carbonyl (C=O) groups is 1. The Kier molecular flexibility index (Phi) is 6.91. The van der Waals surface area contributed by atoms with Crippen LogP contribution in [-0.2, 0) is 24.2 Å². The van der Waals surface area contributed by atoms with Gasteiger partial charge in [0.2, 0.25) is 5.82 Å². The quantitative estimate of drug-likeness (QED) is 0.393. The van der Waals surface area contributed by atoms with Crippen LogP contribution in [0.3, 0.4) is 0 Å². The highest BCUT2D eigenvalue weighted by Gasteiger charge is 2.17. The Morgan fingerprint density at radius 1 is 1.09 bits per heavy atom. The molecule has 2 aromatic carbocycles. The summed E-state index contributed by atoms with van der Waals surface area (Å²) in [6, 6.07) is 16.0. The topological polar surface area (TPSA) is 127 Å². The van der Waals surface area contributed by atoms with Crippen LogP contribution in [-0.4, -0.2) is 41.3 Å². The van der Waals surface area contributed by atoms with Crippen LogP contribution in [0.2, 0.25) is 0 Å². The predicted octanol–water partition coefficient (Wildman–Crippen LogP) is 3.42. The SMILES string of the molecule is CCCCc1nc(=O)c(CC(=O)O)c(C)n1Cc1ccc(-c2ccccc2-c2nn[nH]n2)cc1. The molecule has 0 fully saturated rings. The Morgan fingerprint density at radius 3 is 2.47 bits per heavy atom. The average Bonchev–Trinajstić information content (AvgIpc) is 3.38. The normalized spacial score (nSPS) is 11.0. The van der Waals surface area contributed by atoms with Crippen molar-refractivity contribution in [2.45, 2.75) is 46.1 Å². The molecule has 4 aromatic rings. The molecule has 0 aliphatic heterocycles. The summed E-state index contributed by atoms with van der Waals surface area (Å²) < 4.78 is 1.97. The van der Waals surface area contributed by atoms with Gasteiger partial charge in [-0.15, -0.1) is 10.2 Å². The third kappa shape index (κ3) is 4.93. The van der Waals surface area contributed by atoms with Crippen LogP contribution < -0.4 is 5.56 Å². The van der Waals surface area contributed by atoms with Crippen molar-refractivity contribution < 1.29 is 9.90 Å². The Bertz CT molecular complexity index is 1340. The summed E-state index contributed by atoms with van der Waals surface area (Å²) in [6.07, 6.45) is 2.20. The lowest BCUT2D eigenvalue weighted by Gasteiger charge is -2.18. The van der Waals surface area contributed by atoms with Crippen molar-refractivity contribution >= 4 is 5.97 Å². The van der Waals surface area contributed by atoms with Gasteiger partial charge < -0.3 is 9.67 Å². The fourth-order valence-corrected chi connectivity index (χ4v) is 4.02. The number of aromatic amines is 1. The molecule has 2 aromatic heterocycles. The van der Waals surface area contributed by atoms with Crippen LogP contribution in [0.25, 0.3) is 22.5 Å². The summed E-state index contributed by atoms with van der Waals surface area (Å²) in [4.78, 5) is 28.0. The Hall–Kier alpha value is -4.14. The van der Waals surface area contributed by atoms with Gasteiger partial charge in [0.15, 0.2) is 0 Å². The number of aliphatic carboxylic acids is 1. The predicted molar refractivity (Wildman–Crippen MR) is 127 cm³/mol. The monoisotopic (exact) mass is 458 g/mol. The van der Waals surface area contributed by atoms with Gasteiger partial charge >= 0.3 is 5.97 Å². The molecule has 0 saturated carbocycles. The minimum atomic E-state index is -1.04. The molecule has 2 N–H and O–H groups in total. The summed E-state index contributed by atoms with van der Waals surface area (Å²) in [5.41, 5.74) is 4.34. The summed E-state index contributed by atoms with van der Waals surface area (Å²) in [6.45, 7) is 4.38. The molecule has 0 spiro atoms. The van der Waals surface area contributed by atoms with Crippen LogP contribution in [0.15, 0.2) is 53.3 Å². The minimum absolute atomic E-state index is 0.235. The highest BCUT2D eigenvalue weighted by atomic mass is 16.4. The van der Waals surface area contributed by atoms with Gasteiger partial charge in [-0.3, -0.25) is 9.59 Å². The fraction of sp³-hybridized carbons (Fsp3) is 0.280. The van der Waals surface area contributed by atoms with E-state index in [-0.39, 0.29) is 12.0 Å². The zero-order chi connectivity index (χ0) is 24.1. The average molecular weight is 459 g/mol. The molecular formula is C25H26N6O3. The zero-order valence-corrected chi connectivity index (χ0v) is 19.2. The third-order valence-electron chi connectivity index (χ3n) is 5.84. The van der Waals surface area contributed by atoms with E-state index in [1.165, 1.54) is 0 Å². The first-order valence-corrected chi connectivity index (χ1v) is 11.2. The van der Waals surface area contributed by atoms with Crippen molar-refractivity contribution in [3.8, 4) is 22.5 Å². The smallest absolute Gasteiger partial charge is 0.308 e. The van der Waals surface area contributed by atoms with Crippen molar-refractivity contribution in [3.63, 3.8) is 0 Å². The van der Waals surface area contributed by atoms with Gasteiger partial charge in [-0.1, -0.05) is 61.9 Å². The maximum Gasteiger partial charge on any atom is 0.308 e. The molecule has 0 radical (unpaired) electrons.